The number of carbonyl (C=O) groups excluding carboxylic acids is 2. The number of aliphatic carboxylic acids is 1. The number of carbonyl (C=O) groups is 3. The number of hydrogen-bond acceptors (Lipinski definition) is 6. The number of quaternary nitrogens is 1. The van der Waals surface area contributed by atoms with Gasteiger partial charge in [-0.25, -0.2) is 4.79 Å². The van der Waals surface area contributed by atoms with Crippen molar-refractivity contribution >= 4 is 17.9 Å². The Bertz CT molecular complexity index is 732. The van der Waals surface area contributed by atoms with E-state index in [1.165, 1.54) is 57.8 Å². The molecule has 0 aromatic heterocycles. The number of nitrogens with zero attached hydrogens (tertiary/aromatic N) is 1. The van der Waals surface area contributed by atoms with E-state index in [4.69, 9.17) is 14.2 Å². The first-order chi connectivity index (χ1) is 20.6. The van der Waals surface area contributed by atoms with Crippen LogP contribution in [-0.2, 0) is 28.6 Å². The van der Waals surface area contributed by atoms with E-state index in [9.17, 15) is 19.5 Å². The summed E-state index contributed by atoms with van der Waals surface area (Å²) in [5.74, 6) is -1.48. The van der Waals surface area contributed by atoms with E-state index < -0.39 is 18.1 Å². The van der Waals surface area contributed by atoms with Gasteiger partial charge in [-0.3, -0.25) is 9.59 Å². The molecule has 0 aliphatic carbocycles. The molecule has 0 amide bonds. The lowest BCUT2D eigenvalue weighted by Gasteiger charge is -2.31. The fraction of sp³-hybridized carbons (Fsp3) is 0.857. The van der Waals surface area contributed by atoms with Crippen LogP contribution in [0.1, 0.15) is 142 Å². The zero-order valence-electron chi connectivity index (χ0n) is 28.4. The van der Waals surface area contributed by atoms with Crippen LogP contribution in [0.4, 0.5) is 0 Å². The first-order valence-corrected chi connectivity index (χ1v) is 17.2. The molecule has 8 nitrogen and oxygen atoms in total. The van der Waals surface area contributed by atoms with Crippen molar-refractivity contribution in [1.29, 1.82) is 0 Å². The monoisotopic (exact) mass is 612 g/mol. The summed E-state index contributed by atoms with van der Waals surface area (Å²) < 4.78 is 17.1. The van der Waals surface area contributed by atoms with Crippen LogP contribution in [0.5, 0.6) is 0 Å². The van der Waals surface area contributed by atoms with E-state index >= 15 is 0 Å². The van der Waals surface area contributed by atoms with Crippen molar-refractivity contribution in [1.82, 2.24) is 0 Å². The number of carboxylic acids is 1. The summed E-state index contributed by atoms with van der Waals surface area (Å²) in [4.78, 5) is 36.5. The van der Waals surface area contributed by atoms with Crippen molar-refractivity contribution in [2.75, 3.05) is 41.0 Å². The van der Waals surface area contributed by atoms with E-state index in [1.807, 2.05) is 21.1 Å². The molecule has 0 bridgehead atoms. The number of allylic oxidation sites excluding steroid dienone is 2. The van der Waals surface area contributed by atoms with Gasteiger partial charge in [0.15, 0.2) is 12.1 Å². The Kier molecular flexibility index (Phi) is 26.4. The van der Waals surface area contributed by atoms with Gasteiger partial charge in [-0.2, -0.15) is 0 Å². The van der Waals surface area contributed by atoms with Crippen LogP contribution >= 0.6 is 0 Å². The van der Waals surface area contributed by atoms with Crippen molar-refractivity contribution in [2.45, 2.75) is 154 Å². The summed E-state index contributed by atoms with van der Waals surface area (Å²) in [7, 11) is 5.50. The number of likely N-dealkylation sites (N-methyl/N-ethyl adjacent to an activating group) is 1. The zero-order valence-corrected chi connectivity index (χ0v) is 28.4. The Morgan fingerprint density at radius 1 is 0.674 bits per heavy atom. The number of ether oxygens (including phenoxy) is 3. The maximum Gasteiger partial charge on any atom is 0.362 e. The fourth-order valence-electron chi connectivity index (χ4n) is 4.89. The van der Waals surface area contributed by atoms with Gasteiger partial charge in [0, 0.05) is 19.3 Å². The second kappa shape index (κ2) is 27.6. The van der Waals surface area contributed by atoms with E-state index in [1.54, 1.807) is 0 Å². The average molecular weight is 613 g/mol. The Labute approximate surface area is 263 Å². The minimum Gasteiger partial charge on any atom is -0.477 e. The molecule has 252 valence electrons. The normalized spacial score (nSPS) is 13.2. The molecule has 0 aromatic rings. The second-order valence-electron chi connectivity index (χ2n) is 12.8. The van der Waals surface area contributed by atoms with Crippen LogP contribution in [0.25, 0.3) is 0 Å². The Balaban J connectivity index is 4.47. The molecule has 0 radical (unpaired) electrons. The van der Waals surface area contributed by atoms with Gasteiger partial charge >= 0.3 is 17.9 Å². The standard InChI is InChI=1S/C35H65NO7/c1-6-8-10-12-14-16-17-18-20-21-23-25-33(37)42-30-31(29-41-28-27-32(35(39)40)36(3,4)5)43-34(38)26-24-22-19-15-13-11-9-7-2/h12,14,31-32H,6-11,13,15-30H2,1-5H3/p+1/b14-12+. The molecule has 0 saturated heterocycles. The summed E-state index contributed by atoms with van der Waals surface area (Å²) in [6, 6.07) is -0.608. The zero-order chi connectivity index (χ0) is 32.2. The maximum absolute atomic E-state index is 12.5. The van der Waals surface area contributed by atoms with Gasteiger partial charge in [0.05, 0.1) is 34.4 Å². The second-order valence-corrected chi connectivity index (χ2v) is 12.8. The first kappa shape index (κ1) is 41.1. The van der Waals surface area contributed by atoms with Crippen molar-refractivity contribution in [3.05, 3.63) is 12.2 Å². The highest BCUT2D eigenvalue weighted by Gasteiger charge is 2.31. The number of unbranched alkanes of at least 4 members (excludes halogenated alkanes) is 14. The fourth-order valence-corrected chi connectivity index (χ4v) is 4.89. The third kappa shape index (κ3) is 26.2. The van der Waals surface area contributed by atoms with Gasteiger partial charge in [-0.1, -0.05) is 103 Å². The quantitative estimate of drug-likeness (QED) is 0.0380. The van der Waals surface area contributed by atoms with E-state index in [2.05, 4.69) is 26.0 Å². The molecule has 0 heterocycles. The molecule has 2 unspecified atom stereocenters. The summed E-state index contributed by atoms with van der Waals surface area (Å²) in [5, 5.41) is 9.53. The van der Waals surface area contributed by atoms with Crippen molar-refractivity contribution in [3.63, 3.8) is 0 Å². The smallest absolute Gasteiger partial charge is 0.362 e. The molecular weight excluding hydrogens is 546 g/mol. The molecule has 8 heteroatoms. The average Bonchev–Trinajstić information content (AvgIpc) is 2.94. The molecule has 0 spiro atoms. The topological polar surface area (TPSA) is 99.1 Å². The van der Waals surface area contributed by atoms with Gasteiger partial charge in [-0.15, -0.1) is 0 Å². The summed E-state index contributed by atoms with van der Waals surface area (Å²) in [5.41, 5.74) is 0. The van der Waals surface area contributed by atoms with Crippen LogP contribution in [0, 0.1) is 0 Å². The molecule has 0 aliphatic heterocycles. The molecular formula is C35H66NO7+. The largest absolute Gasteiger partial charge is 0.477 e. The Morgan fingerprint density at radius 2 is 1.19 bits per heavy atom. The predicted octanol–water partition coefficient (Wildman–Crippen LogP) is 8.02. The highest BCUT2D eigenvalue weighted by Crippen LogP contribution is 2.13. The van der Waals surface area contributed by atoms with Crippen LogP contribution in [0.3, 0.4) is 0 Å². The van der Waals surface area contributed by atoms with Gasteiger partial charge < -0.3 is 23.8 Å². The third-order valence-corrected chi connectivity index (χ3v) is 7.66. The van der Waals surface area contributed by atoms with Gasteiger partial charge in [0.2, 0.25) is 0 Å². The van der Waals surface area contributed by atoms with Crippen LogP contribution in [0.15, 0.2) is 12.2 Å². The molecule has 0 saturated carbocycles. The first-order valence-electron chi connectivity index (χ1n) is 17.2. The number of hydrogen-bond donors (Lipinski definition) is 1. The summed E-state index contributed by atoms with van der Waals surface area (Å²) >= 11 is 0. The summed E-state index contributed by atoms with van der Waals surface area (Å²) in [6.45, 7) is 4.64. The lowest BCUT2D eigenvalue weighted by atomic mass is 10.1. The van der Waals surface area contributed by atoms with Gasteiger partial charge in [0.25, 0.3) is 0 Å². The molecule has 0 aliphatic rings. The third-order valence-electron chi connectivity index (χ3n) is 7.66. The minimum absolute atomic E-state index is 0.0515. The van der Waals surface area contributed by atoms with Gasteiger partial charge in [0.1, 0.15) is 6.61 Å². The molecule has 1 N–H and O–H groups in total. The van der Waals surface area contributed by atoms with Crippen LogP contribution in [0.2, 0.25) is 0 Å². The van der Waals surface area contributed by atoms with Crippen LogP contribution < -0.4 is 0 Å². The molecule has 2 atom stereocenters. The van der Waals surface area contributed by atoms with Gasteiger partial charge in [-0.05, 0) is 32.1 Å². The maximum atomic E-state index is 12.5. The number of carboxylic acid groups (broad SMARTS) is 1. The van der Waals surface area contributed by atoms with E-state index in [-0.39, 0.29) is 36.2 Å². The highest BCUT2D eigenvalue weighted by atomic mass is 16.6. The highest BCUT2D eigenvalue weighted by molar-refractivity contribution is 5.72. The van der Waals surface area contributed by atoms with Crippen molar-refractivity contribution in [2.24, 2.45) is 0 Å². The van der Waals surface area contributed by atoms with E-state index in [0.717, 1.165) is 51.4 Å². The van der Waals surface area contributed by atoms with Crippen LogP contribution in [-0.4, -0.2) is 80.6 Å². The summed E-state index contributed by atoms with van der Waals surface area (Å²) in [6.07, 6.45) is 24.0. The molecule has 43 heavy (non-hydrogen) atoms. The Hall–Kier alpha value is -1.93. The molecule has 0 fully saturated rings. The number of esters is 2. The Morgan fingerprint density at radius 3 is 1.74 bits per heavy atom. The predicted molar refractivity (Wildman–Crippen MR) is 174 cm³/mol. The van der Waals surface area contributed by atoms with Crippen molar-refractivity contribution in [3.8, 4) is 0 Å². The number of rotatable bonds is 30. The molecule has 0 rings (SSSR count). The molecule has 0 aromatic carbocycles. The lowest BCUT2D eigenvalue weighted by Crippen LogP contribution is -2.50. The van der Waals surface area contributed by atoms with Crippen molar-refractivity contribution < 1.29 is 38.2 Å². The van der Waals surface area contributed by atoms with E-state index in [0.29, 0.717) is 19.3 Å². The minimum atomic E-state index is -0.877. The SMILES string of the molecule is CCCC/C=C/CCCCCCCC(=O)OCC(COCCC(C(=O)O)[N+](C)(C)C)OC(=O)CCCCCCCCCC. The lowest BCUT2D eigenvalue weighted by molar-refractivity contribution is -0.887.